The van der Waals surface area contributed by atoms with E-state index in [1.165, 1.54) is 0 Å². The molecule has 0 spiro atoms. The van der Waals surface area contributed by atoms with Crippen LogP contribution in [0.5, 0.6) is 5.75 Å². The van der Waals surface area contributed by atoms with Gasteiger partial charge in [-0.05, 0) is 26.0 Å². The Morgan fingerprint density at radius 1 is 1.24 bits per heavy atom. The first kappa shape index (κ1) is 16.5. The van der Waals surface area contributed by atoms with E-state index in [-0.39, 0.29) is 19.1 Å². The zero-order chi connectivity index (χ0) is 17.6. The third-order valence-corrected chi connectivity index (χ3v) is 3.62. The fourth-order valence-corrected chi connectivity index (χ4v) is 2.44. The number of carbonyl (C=O) groups is 1. The maximum absolute atomic E-state index is 12.0. The summed E-state index contributed by atoms with van der Waals surface area (Å²) >= 11 is 0. The molecule has 0 fully saturated rings. The summed E-state index contributed by atoms with van der Waals surface area (Å²) < 4.78 is 10.6. The maximum atomic E-state index is 12.0. The van der Waals surface area contributed by atoms with Gasteiger partial charge in [0, 0.05) is 11.6 Å². The average molecular weight is 335 g/mol. The molecule has 0 aliphatic rings. The number of nitrogens with zero attached hydrogens (tertiary/aromatic N) is 2. The number of rotatable bonds is 4. The van der Waals surface area contributed by atoms with E-state index in [0.717, 1.165) is 10.9 Å². The van der Waals surface area contributed by atoms with Crippen LogP contribution in [0.1, 0.15) is 21.8 Å². The summed E-state index contributed by atoms with van der Waals surface area (Å²) in [6, 6.07) is 9.61. The van der Waals surface area contributed by atoms with Crippen LogP contribution in [0.2, 0.25) is 0 Å². The molecule has 6 heteroatoms. The fraction of sp³-hybridized carbons (Fsp3) is 0.211. The quantitative estimate of drug-likeness (QED) is 0.742. The van der Waals surface area contributed by atoms with E-state index in [1.807, 2.05) is 30.3 Å². The van der Waals surface area contributed by atoms with Crippen molar-refractivity contribution in [2.75, 3.05) is 13.2 Å². The van der Waals surface area contributed by atoms with Gasteiger partial charge in [0.2, 0.25) is 0 Å². The number of benzene rings is 1. The number of para-hydroxylation sites is 1. The predicted octanol–water partition coefficient (Wildman–Crippen LogP) is 2.65. The smallest absolute Gasteiger partial charge is 0.257 e. The summed E-state index contributed by atoms with van der Waals surface area (Å²) in [5.74, 6) is 6.67. The van der Waals surface area contributed by atoms with Crippen LogP contribution in [0.4, 0.5) is 0 Å². The first-order valence-corrected chi connectivity index (χ1v) is 7.80. The van der Waals surface area contributed by atoms with Crippen molar-refractivity contribution in [3.63, 3.8) is 0 Å². The molecule has 126 valence electrons. The Balaban J connectivity index is 1.53. The van der Waals surface area contributed by atoms with Gasteiger partial charge in [-0.3, -0.25) is 9.78 Å². The number of pyridine rings is 1. The van der Waals surface area contributed by atoms with E-state index in [9.17, 15) is 4.79 Å². The lowest BCUT2D eigenvalue weighted by molar-refractivity contribution is 0.0956. The second kappa shape index (κ2) is 7.49. The number of fused-ring (bicyclic) bond motifs is 1. The molecule has 25 heavy (non-hydrogen) atoms. The molecule has 3 rings (SSSR count). The Morgan fingerprint density at radius 3 is 2.88 bits per heavy atom. The molecule has 0 aliphatic carbocycles. The SMILES string of the molecule is Cc1noc(C)c1C(=O)NCC#CCOc1cccc2cccnc12. The Kier molecular flexibility index (Phi) is 4.95. The summed E-state index contributed by atoms with van der Waals surface area (Å²) in [6.07, 6.45) is 1.73. The molecule has 3 aromatic rings. The number of amides is 1. The Bertz CT molecular complexity index is 942. The van der Waals surface area contributed by atoms with Crippen LogP contribution < -0.4 is 10.1 Å². The lowest BCUT2D eigenvalue weighted by Gasteiger charge is -2.05. The van der Waals surface area contributed by atoms with Crippen LogP contribution in [0.15, 0.2) is 41.1 Å². The predicted molar refractivity (Wildman–Crippen MR) is 93.3 cm³/mol. The average Bonchev–Trinajstić information content (AvgIpc) is 2.96. The lowest BCUT2D eigenvalue weighted by Crippen LogP contribution is -2.24. The summed E-state index contributed by atoms with van der Waals surface area (Å²) in [5, 5.41) is 7.48. The molecule has 6 nitrogen and oxygen atoms in total. The first-order valence-electron chi connectivity index (χ1n) is 7.80. The van der Waals surface area contributed by atoms with E-state index in [2.05, 4.69) is 27.3 Å². The van der Waals surface area contributed by atoms with Gasteiger partial charge in [0.15, 0.2) is 0 Å². The molecule has 0 saturated carbocycles. The minimum Gasteiger partial charge on any atom is -0.479 e. The summed E-state index contributed by atoms with van der Waals surface area (Å²) in [4.78, 5) is 16.3. The van der Waals surface area contributed by atoms with Crippen molar-refractivity contribution in [2.45, 2.75) is 13.8 Å². The van der Waals surface area contributed by atoms with Crippen molar-refractivity contribution < 1.29 is 14.1 Å². The van der Waals surface area contributed by atoms with Gasteiger partial charge in [-0.25, -0.2) is 0 Å². The monoisotopic (exact) mass is 335 g/mol. The van der Waals surface area contributed by atoms with Crippen molar-refractivity contribution in [3.8, 4) is 17.6 Å². The Morgan fingerprint density at radius 2 is 2.08 bits per heavy atom. The second-order valence-corrected chi connectivity index (χ2v) is 5.36. The summed E-state index contributed by atoms with van der Waals surface area (Å²) in [5.41, 5.74) is 1.83. The number of aromatic nitrogens is 2. The molecule has 0 aliphatic heterocycles. The van der Waals surface area contributed by atoms with Gasteiger partial charge in [-0.2, -0.15) is 0 Å². The normalized spacial score (nSPS) is 10.2. The molecule has 0 atom stereocenters. The van der Waals surface area contributed by atoms with Gasteiger partial charge in [0.1, 0.15) is 29.2 Å². The minimum atomic E-state index is -0.246. The second-order valence-electron chi connectivity index (χ2n) is 5.36. The number of hydrogen-bond acceptors (Lipinski definition) is 5. The number of ether oxygens (including phenoxy) is 1. The van der Waals surface area contributed by atoms with E-state index in [4.69, 9.17) is 9.26 Å². The van der Waals surface area contributed by atoms with E-state index < -0.39 is 0 Å². The van der Waals surface area contributed by atoms with Crippen molar-refractivity contribution in [3.05, 3.63) is 53.5 Å². The van der Waals surface area contributed by atoms with E-state index >= 15 is 0 Å². The molecule has 2 heterocycles. The van der Waals surface area contributed by atoms with Crippen LogP contribution in [-0.4, -0.2) is 29.2 Å². The zero-order valence-corrected chi connectivity index (χ0v) is 14.0. The number of aryl methyl sites for hydroxylation is 2. The van der Waals surface area contributed by atoms with Gasteiger partial charge in [-0.15, -0.1) is 0 Å². The van der Waals surface area contributed by atoms with Crippen LogP contribution in [0.25, 0.3) is 10.9 Å². The van der Waals surface area contributed by atoms with E-state index in [1.54, 1.807) is 20.0 Å². The van der Waals surface area contributed by atoms with Crippen LogP contribution >= 0.6 is 0 Å². The van der Waals surface area contributed by atoms with Gasteiger partial charge in [-0.1, -0.05) is 35.2 Å². The highest BCUT2D eigenvalue weighted by Crippen LogP contribution is 2.22. The highest BCUT2D eigenvalue weighted by Gasteiger charge is 2.16. The van der Waals surface area contributed by atoms with Crippen molar-refractivity contribution in [1.29, 1.82) is 0 Å². The third-order valence-electron chi connectivity index (χ3n) is 3.62. The molecule has 0 unspecified atom stereocenters. The molecule has 1 amide bonds. The summed E-state index contributed by atoms with van der Waals surface area (Å²) in [7, 11) is 0. The molecular formula is C19H17N3O3. The molecule has 2 aromatic heterocycles. The number of hydrogen-bond donors (Lipinski definition) is 1. The van der Waals surface area contributed by atoms with Gasteiger partial charge >= 0.3 is 0 Å². The number of nitrogens with one attached hydrogen (secondary N) is 1. The molecule has 1 aromatic carbocycles. The Hall–Kier alpha value is -3.33. The maximum Gasteiger partial charge on any atom is 0.257 e. The topological polar surface area (TPSA) is 77.2 Å². The third kappa shape index (κ3) is 3.78. The van der Waals surface area contributed by atoms with Gasteiger partial charge < -0.3 is 14.6 Å². The van der Waals surface area contributed by atoms with Crippen LogP contribution in [0.3, 0.4) is 0 Å². The largest absolute Gasteiger partial charge is 0.479 e. The molecule has 0 radical (unpaired) electrons. The lowest BCUT2D eigenvalue weighted by atomic mass is 10.2. The van der Waals surface area contributed by atoms with Crippen molar-refractivity contribution >= 4 is 16.8 Å². The molecule has 1 N–H and O–H groups in total. The van der Waals surface area contributed by atoms with Gasteiger partial charge in [0.05, 0.1) is 12.2 Å². The zero-order valence-electron chi connectivity index (χ0n) is 14.0. The van der Waals surface area contributed by atoms with Crippen molar-refractivity contribution in [1.82, 2.24) is 15.5 Å². The molecule has 0 saturated heterocycles. The Labute approximate surface area is 145 Å². The summed E-state index contributed by atoms with van der Waals surface area (Å²) in [6.45, 7) is 3.87. The number of carbonyl (C=O) groups excluding carboxylic acids is 1. The van der Waals surface area contributed by atoms with Gasteiger partial charge in [0.25, 0.3) is 5.91 Å². The van der Waals surface area contributed by atoms with Crippen molar-refractivity contribution in [2.24, 2.45) is 0 Å². The standard InChI is InChI=1S/C19H17N3O3/c1-13-17(14(2)25-22-13)19(23)21-10-3-4-12-24-16-9-5-7-15-8-6-11-20-18(15)16/h5-9,11H,10,12H2,1-2H3,(H,21,23). The first-order chi connectivity index (χ1) is 12.2. The fourth-order valence-electron chi connectivity index (χ4n) is 2.44. The minimum absolute atomic E-state index is 0.219. The highest BCUT2D eigenvalue weighted by atomic mass is 16.5. The van der Waals surface area contributed by atoms with E-state index in [0.29, 0.717) is 22.8 Å². The highest BCUT2D eigenvalue weighted by molar-refractivity contribution is 5.96. The van der Waals surface area contributed by atoms with Crippen LogP contribution in [0, 0.1) is 25.7 Å². The molecular weight excluding hydrogens is 318 g/mol. The van der Waals surface area contributed by atoms with Crippen LogP contribution in [-0.2, 0) is 0 Å². The molecule has 0 bridgehead atoms.